The number of aryl methyl sites for hydroxylation is 2. The number of carboxylic acids is 1. The molecule has 2 atom stereocenters. The van der Waals surface area contributed by atoms with Crippen molar-refractivity contribution in [2.24, 2.45) is 0 Å². The van der Waals surface area contributed by atoms with E-state index in [4.69, 9.17) is 4.74 Å². The number of benzene rings is 1. The van der Waals surface area contributed by atoms with Gasteiger partial charge in [0.1, 0.15) is 34.9 Å². The summed E-state index contributed by atoms with van der Waals surface area (Å²) in [4.78, 5) is 34.0. The second kappa shape index (κ2) is 12.4. The Morgan fingerprint density at radius 3 is 2.38 bits per heavy atom. The average molecular weight is 672 g/mol. The van der Waals surface area contributed by atoms with Crippen LogP contribution in [0.4, 0.5) is 40.8 Å². The van der Waals surface area contributed by atoms with Crippen LogP contribution >= 0.6 is 0 Å². The fraction of sp³-hybridized carbons (Fsp3) is 0.333. The lowest BCUT2D eigenvalue weighted by Gasteiger charge is -2.38. The zero-order valence-electron chi connectivity index (χ0n) is 24.5. The number of halogens is 8. The quantitative estimate of drug-likeness (QED) is 0.250. The predicted molar refractivity (Wildman–Crippen MR) is 150 cm³/mol. The van der Waals surface area contributed by atoms with E-state index in [1.165, 1.54) is 42.8 Å². The summed E-state index contributed by atoms with van der Waals surface area (Å²) >= 11 is 0. The molecule has 1 aromatic carbocycles. The van der Waals surface area contributed by atoms with Gasteiger partial charge in [-0.3, -0.25) is 9.78 Å². The van der Waals surface area contributed by atoms with Crippen LogP contribution in [0.15, 0.2) is 42.7 Å². The standard InChI is InChI=1S/C30H25F8N5O4/c1-14-9-19(29(33,34)35)25(40-15(14)2)18-4-3-16(43-6-5-39-26(18)43)12-22(28(45)46)41-27(44)24-20(31)10-17(11-21(24)32)42-7-8-47-13-23(42)30(36,37)38/h3-6,9-11,22-23H,7-8,12-13H2,1-2H3,(H,41,44)(H,45,46)/t22?,23-/m1/s1. The van der Waals surface area contributed by atoms with Crippen LogP contribution in [0.25, 0.3) is 16.9 Å². The van der Waals surface area contributed by atoms with Gasteiger partial charge in [0.25, 0.3) is 5.91 Å². The van der Waals surface area contributed by atoms with E-state index in [0.717, 1.165) is 6.07 Å². The number of hydrogen-bond acceptors (Lipinski definition) is 6. The summed E-state index contributed by atoms with van der Waals surface area (Å²) in [5.41, 5.74) is -2.35. The Hall–Kier alpha value is -4.80. The number of ether oxygens (including phenoxy) is 1. The van der Waals surface area contributed by atoms with Crippen molar-refractivity contribution in [2.75, 3.05) is 24.7 Å². The normalized spacial score (nSPS) is 16.4. The summed E-state index contributed by atoms with van der Waals surface area (Å²) in [5, 5.41) is 11.9. The number of nitrogens with one attached hydrogen (secondary N) is 1. The molecular weight excluding hydrogens is 646 g/mol. The molecule has 0 radical (unpaired) electrons. The number of anilines is 1. The Balaban J connectivity index is 1.43. The predicted octanol–water partition coefficient (Wildman–Crippen LogP) is 5.50. The average Bonchev–Trinajstić information content (AvgIpc) is 3.47. The number of alkyl halides is 6. The SMILES string of the molecule is Cc1cc(C(F)(F)F)c(-c2ccc(CC(NC(=O)c3c(F)cc(N4CCOC[C@@H]4C(F)(F)F)cc3F)C(=O)O)n3ccnc23)nc1C. The number of morpholine rings is 1. The first kappa shape index (κ1) is 33.6. The number of aromatic nitrogens is 3. The highest BCUT2D eigenvalue weighted by atomic mass is 19.4. The van der Waals surface area contributed by atoms with E-state index < -0.39 is 83.5 Å². The fourth-order valence-electron chi connectivity index (χ4n) is 5.31. The van der Waals surface area contributed by atoms with Crippen LogP contribution in [-0.2, 0) is 22.1 Å². The highest BCUT2D eigenvalue weighted by Crippen LogP contribution is 2.38. The second-order valence-corrected chi connectivity index (χ2v) is 10.8. The lowest BCUT2D eigenvalue weighted by atomic mass is 10.0. The van der Waals surface area contributed by atoms with Crippen LogP contribution in [0.2, 0.25) is 0 Å². The number of pyridine rings is 2. The van der Waals surface area contributed by atoms with Crippen molar-refractivity contribution in [1.82, 2.24) is 19.7 Å². The van der Waals surface area contributed by atoms with Gasteiger partial charge in [-0.15, -0.1) is 0 Å². The van der Waals surface area contributed by atoms with Gasteiger partial charge in [-0.1, -0.05) is 0 Å². The van der Waals surface area contributed by atoms with E-state index in [2.05, 4.69) is 9.97 Å². The van der Waals surface area contributed by atoms with E-state index >= 15 is 8.78 Å². The van der Waals surface area contributed by atoms with Crippen LogP contribution in [0.3, 0.4) is 0 Å². The van der Waals surface area contributed by atoms with Crippen molar-refractivity contribution in [1.29, 1.82) is 0 Å². The molecule has 1 saturated heterocycles. The molecule has 2 N–H and O–H groups in total. The third-order valence-electron chi connectivity index (χ3n) is 7.77. The molecule has 17 heteroatoms. The minimum absolute atomic E-state index is 0.00725. The van der Waals surface area contributed by atoms with Gasteiger partial charge in [-0.25, -0.2) is 18.6 Å². The van der Waals surface area contributed by atoms with Crippen LogP contribution in [0.5, 0.6) is 0 Å². The third-order valence-corrected chi connectivity index (χ3v) is 7.77. The minimum atomic E-state index is -4.78. The minimum Gasteiger partial charge on any atom is -0.480 e. The molecule has 1 fully saturated rings. The zero-order chi connectivity index (χ0) is 34.4. The molecule has 9 nitrogen and oxygen atoms in total. The monoisotopic (exact) mass is 671 g/mol. The Kier molecular flexibility index (Phi) is 8.87. The van der Waals surface area contributed by atoms with E-state index in [9.17, 15) is 41.0 Å². The lowest BCUT2D eigenvalue weighted by Crippen LogP contribution is -2.53. The summed E-state index contributed by atoms with van der Waals surface area (Å²) in [7, 11) is 0. The number of rotatable bonds is 7. The number of amides is 1. The molecule has 0 spiro atoms. The van der Waals surface area contributed by atoms with Crippen molar-refractivity contribution >= 4 is 23.2 Å². The van der Waals surface area contributed by atoms with Gasteiger partial charge in [-0.2, -0.15) is 26.3 Å². The number of carbonyl (C=O) groups excluding carboxylic acids is 1. The first-order valence-corrected chi connectivity index (χ1v) is 13.9. The third kappa shape index (κ3) is 6.70. The van der Waals surface area contributed by atoms with Crippen molar-refractivity contribution in [3.8, 4) is 11.3 Å². The maximum atomic E-state index is 15.1. The van der Waals surface area contributed by atoms with Crippen molar-refractivity contribution < 1.29 is 54.6 Å². The van der Waals surface area contributed by atoms with Crippen LogP contribution in [0, 0.1) is 25.5 Å². The molecule has 47 heavy (non-hydrogen) atoms. The van der Waals surface area contributed by atoms with Gasteiger partial charge >= 0.3 is 18.3 Å². The van der Waals surface area contributed by atoms with Gasteiger partial charge in [0.2, 0.25) is 0 Å². The summed E-state index contributed by atoms with van der Waals surface area (Å²) in [5.74, 6) is -6.18. The molecule has 1 amide bonds. The lowest BCUT2D eigenvalue weighted by molar-refractivity contribution is -0.167. The summed E-state index contributed by atoms with van der Waals surface area (Å²) < 4.78 is 119. The molecule has 5 rings (SSSR count). The van der Waals surface area contributed by atoms with E-state index in [0.29, 0.717) is 28.3 Å². The van der Waals surface area contributed by atoms with Crippen molar-refractivity contribution in [3.05, 3.63) is 82.4 Å². The number of imidazole rings is 1. The molecule has 4 aromatic rings. The highest BCUT2D eigenvalue weighted by molar-refractivity contribution is 5.97. The Morgan fingerprint density at radius 1 is 1.09 bits per heavy atom. The van der Waals surface area contributed by atoms with E-state index in [1.54, 1.807) is 0 Å². The van der Waals surface area contributed by atoms with Gasteiger partial charge < -0.3 is 24.5 Å². The molecule has 1 aliphatic rings. The molecule has 0 saturated carbocycles. The van der Waals surface area contributed by atoms with Gasteiger partial charge in [0.15, 0.2) is 0 Å². The van der Waals surface area contributed by atoms with Crippen molar-refractivity contribution in [3.63, 3.8) is 0 Å². The molecule has 1 aliphatic heterocycles. The number of carboxylic acid groups (broad SMARTS) is 1. The maximum Gasteiger partial charge on any atom is 0.418 e. The second-order valence-electron chi connectivity index (χ2n) is 10.8. The smallest absolute Gasteiger partial charge is 0.418 e. The van der Waals surface area contributed by atoms with Crippen LogP contribution in [0.1, 0.15) is 32.9 Å². The zero-order valence-corrected chi connectivity index (χ0v) is 24.5. The van der Waals surface area contributed by atoms with Crippen LogP contribution < -0.4 is 10.2 Å². The van der Waals surface area contributed by atoms with Gasteiger partial charge in [0.05, 0.1) is 24.5 Å². The molecule has 3 aromatic heterocycles. The van der Waals surface area contributed by atoms with Crippen molar-refractivity contribution in [2.45, 2.75) is 44.7 Å². The molecular formula is C30H25F8N5O4. The summed E-state index contributed by atoms with van der Waals surface area (Å²) in [6.45, 7) is 1.76. The number of hydrogen-bond donors (Lipinski definition) is 2. The number of carbonyl (C=O) groups is 2. The number of aliphatic carboxylic acids is 1. The molecule has 1 unspecified atom stereocenters. The van der Waals surface area contributed by atoms with E-state index in [1.807, 2.05) is 5.32 Å². The molecule has 0 aliphatic carbocycles. The Bertz CT molecular complexity index is 1830. The first-order chi connectivity index (χ1) is 22.0. The van der Waals surface area contributed by atoms with Crippen LogP contribution in [-0.4, -0.2) is 69.4 Å². The number of nitrogens with zero attached hydrogens (tertiary/aromatic N) is 4. The topological polar surface area (TPSA) is 109 Å². The first-order valence-electron chi connectivity index (χ1n) is 13.9. The molecule has 250 valence electrons. The van der Waals surface area contributed by atoms with Gasteiger partial charge in [0, 0.05) is 48.0 Å². The van der Waals surface area contributed by atoms with Gasteiger partial charge in [-0.05, 0) is 49.7 Å². The highest BCUT2D eigenvalue weighted by Gasteiger charge is 2.46. The molecule has 0 bridgehead atoms. The fourth-order valence-corrected chi connectivity index (χ4v) is 5.31. The largest absolute Gasteiger partial charge is 0.480 e. The Labute approximate surface area is 260 Å². The maximum absolute atomic E-state index is 15.1. The Morgan fingerprint density at radius 2 is 1.77 bits per heavy atom. The summed E-state index contributed by atoms with van der Waals surface area (Å²) in [6, 6.07) is 0.617. The number of fused-ring (bicyclic) bond motifs is 1. The summed E-state index contributed by atoms with van der Waals surface area (Å²) in [6.07, 6.45) is -7.45. The molecule has 4 heterocycles. The van der Waals surface area contributed by atoms with E-state index in [-0.39, 0.29) is 30.1 Å².